The van der Waals surface area contributed by atoms with Gasteiger partial charge in [0.2, 0.25) is 0 Å². The Morgan fingerprint density at radius 2 is 2.38 bits per heavy atom. The number of likely N-dealkylation sites (tertiary alicyclic amines) is 1. The van der Waals surface area contributed by atoms with Crippen molar-refractivity contribution in [1.29, 1.82) is 0 Å². The number of piperidine rings is 1. The second-order valence-corrected chi connectivity index (χ2v) is 4.80. The van der Waals surface area contributed by atoms with E-state index in [2.05, 4.69) is 11.8 Å². The molecule has 1 N–H and O–H groups in total. The number of hydrogen-bond donors (Lipinski definition) is 1. The molecule has 0 aromatic carbocycles. The molecular weight excluding hydrogens is 202 g/mol. The summed E-state index contributed by atoms with van der Waals surface area (Å²) < 4.78 is 5.47. The number of aliphatic hydroxyl groups is 1. The van der Waals surface area contributed by atoms with E-state index in [9.17, 15) is 5.11 Å². The van der Waals surface area contributed by atoms with E-state index in [0.717, 1.165) is 25.3 Å². The Kier molecular flexibility index (Phi) is 3.66. The Morgan fingerprint density at radius 1 is 1.56 bits per heavy atom. The average molecular weight is 223 g/mol. The molecule has 1 aromatic heterocycles. The van der Waals surface area contributed by atoms with E-state index in [0.29, 0.717) is 6.04 Å². The number of nitrogens with zero attached hydrogens (tertiary/aromatic N) is 1. The van der Waals surface area contributed by atoms with Gasteiger partial charge in [-0.1, -0.05) is 6.42 Å². The lowest BCUT2D eigenvalue weighted by molar-refractivity contribution is 0.0279. The largest absolute Gasteiger partial charge is 0.468 e. The zero-order valence-corrected chi connectivity index (χ0v) is 10.1. The summed E-state index contributed by atoms with van der Waals surface area (Å²) in [6.45, 7) is 5.85. The minimum Gasteiger partial charge on any atom is -0.468 e. The predicted octanol–water partition coefficient (Wildman–Crippen LogP) is 2.32. The minimum absolute atomic E-state index is 0.254. The molecule has 2 atom stereocenters. The van der Waals surface area contributed by atoms with E-state index in [1.54, 1.807) is 6.26 Å². The molecule has 1 aliphatic heterocycles. The van der Waals surface area contributed by atoms with Gasteiger partial charge in [-0.15, -0.1) is 0 Å². The first-order valence-electron chi connectivity index (χ1n) is 6.13. The molecule has 2 heterocycles. The van der Waals surface area contributed by atoms with Crippen LogP contribution in [0.25, 0.3) is 0 Å². The molecule has 0 aliphatic carbocycles. The first kappa shape index (κ1) is 11.7. The Labute approximate surface area is 97.1 Å². The molecule has 90 valence electrons. The third-order valence-corrected chi connectivity index (χ3v) is 3.54. The van der Waals surface area contributed by atoms with E-state index >= 15 is 0 Å². The summed E-state index contributed by atoms with van der Waals surface area (Å²) in [6.07, 6.45) is 5.03. The fraction of sp³-hybridized carbons (Fsp3) is 0.692. The van der Waals surface area contributed by atoms with Gasteiger partial charge in [0.25, 0.3) is 0 Å². The summed E-state index contributed by atoms with van der Waals surface area (Å²) in [7, 11) is 0. The van der Waals surface area contributed by atoms with E-state index in [1.807, 2.05) is 13.0 Å². The van der Waals surface area contributed by atoms with Crippen molar-refractivity contribution in [3.63, 3.8) is 0 Å². The number of aryl methyl sites for hydroxylation is 1. The second kappa shape index (κ2) is 5.02. The SMILES string of the molecule is Cc1ccoc1CN1CCCCC1C(C)O. The fourth-order valence-electron chi connectivity index (χ4n) is 2.51. The first-order chi connectivity index (χ1) is 7.68. The molecule has 3 nitrogen and oxygen atoms in total. The Morgan fingerprint density at radius 3 is 3.00 bits per heavy atom. The van der Waals surface area contributed by atoms with Crippen LogP contribution in [0.5, 0.6) is 0 Å². The molecule has 0 bridgehead atoms. The maximum atomic E-state index is 9.77. The van der Waals surface area contributed by atoms with E-state index in [1.165, 1.54) is 18.4 Å². The molecule has 3 heteroatoms. The van der Waals surface area contributed by atoms with Crippen molar-refractivity contribution in [3.05, 3.63) is 23.7 Å². The molecule has 0 radical (unpaired) electrons. The third-order valence-electron chi connectivity index (χ3n) is 3.54. The van der Waals surface area contributed by atoms with Crippen molar-refractivity contribution in [2.45, 2.75) is 51.8 Å². The van der Waals surface area contributed by atoms with Gasteiger partial charge in [-0.2, -0.15) is 0 Å². The van der Waals surface area contributed by atoms with Crippen molar-refractivity contribution < 1.29 is 9.52 Å². The van der Waals surface area contributed by atoms with Gasteiger partial charge in [0.15, 0.2) is 0 Å². The van der Waals surface area contributed by atoms with Crippen LogP contribution >= 0.6 is 0 Å². The summed E-state index contributed by atoms with van der Waals surface area (Å²) >= 11 is 0. The minimum atomic E-state index is -0.254. The van der Waals surface area contributed by atoms with Crippen LogP contribution in [0.15, 0.2) is 16.7 Å². The third kappa shape index (κ3) is 2.47. The summed E-state index contributed by atoms with van der Waals surface area (Å²) in [5, 5.41) is 9.77. The van der Waals surface area contributed by atoms with Crippen LogP contribution in [-0.2, 0) is 6.54 Å². The van der Waals surface area contributed by atoms with Crippen LogP contribution in [0, 0.1) is 6.92 Å². The molecule has 2 rings (SSSR count). The van der Waals surface area contributed by atoms with Gasteiger partial charge in [-0.05, 0) is 44.9 Å². The molecule has 1 aromatic rings. The monoisotopic (exact) mass is 223 g/mol. The van der Waals surface area contributed by atoms with Gasteiger partial charge in [0, 0.05) is 6.04 Å². The van der Waals surface area contributed by atoms with Crippen molar-refractivity contribution in [2.75, 3.05) is 6.54 Å². The molecule has 1 aliphatic rings. The Balaban J connectivity index is 2.04. The number of rotatable bonds is 3. The number of hydrogen-bond acceptors (Lipinski definition) is 3. The maximum Gasteiger partial charge on any atom is 0.120 e. The highest BCUT2D eigenvalue weighted by Gasteiger charge is 2.27. The molecule has 0 saturated carbocycles. The summed E-state index contributed by atoms with van der Waals surface area (Å²) in [5.41, 5.74) is 1.20. The normalized spacial score (nSPS) is 24.6. The fourth-order valence-corrected chi connectivity index (χ4v) is 2.51. The van der Waals surface area contributed by atoms with Gasteiger partial charge < -0.3 is 9.52 Å². The highest BCUT2D eigenvalue weighted by Crippen LogP contribution is 2.23. The first-order valence-corrected chi connectivity index (χ1v) is 6.13. The lowest BCUT2D eigenvalue weighted by atomic mass is 9.98. The number of furan rings is 1. The van der Waals surface area contributed by atoms with Crippen LogP contribution in [0.2, 0.25) is 0 Å². The zero-order chi connectivity index (χ0) is 11.5. The van der Waals surface area contributed by atoms with Crippen molar-refractivity contribution in [2.24, 2.45) is 0 Å². The van der Waals surface area contributed by atoms with Gasteiger partial charge in [0.05, 0.1) is 18.9 Å². The van der Waals surface area contributed by atoms with Crippen LogP contribution in [0.3, 0.4) is 0 Å². The topological polar surface area (TPSA) is 36.6 Å². The van der Waals surface area contributed by atoms with E-state index in [-0.39, 0.29) is 6.10 Å². The lowest BCUT2D eigenvalue weighted by Gasteiger charge is -2.36. The Bertz CT molecular complexity index is 332. The molecule has 2 unspecified atom stereocenters. The van der Waals surface area contributed by atoms with Crippen LogP contribution < -0.4 is 0 Å². The van der Waals surface area contributed by atoms with Crippen LogP contribution in [0.1, 0.15) is 37.5 Å². The van der Waals surface area contributed by atoms with Gasteiger partial charge in [-0.3, -0.25) is 4.90 Å². The summed E-state index contributed by atoms with van der Waals surface area (Å²) in [6, 6.07) is 2.29. The molecule has 0 spiro atoms. The smallest absolute Gasteiger partial charge is 0.120 e. The van der Waals surface area contributed by atoms with Crippen molar-refractivity contribution in [3.8, 4) is 0 Å². The van der Waals surface area contributed by atoms with Crippen LogP contribution in [0.4, 0.5) is 0 Å². The van der Waals surface area contributed by atoms with Crippen LogP contribution in [-0.4, -0.2) is 28.7 Å². The number of aliphatic hydroxyl groups excluding tert-OH is 1. The van der Waals surface area contributed by atoms with E-state index < -0.39 is 0 Å². The molecule has 1 fully saturated rings. The van der Waals surface area contributed by atoms with Crippen molar-refractivity contribution >= 4 is 0 Å². The molecule has 0 amide bonds. The van der Waals surface area contributed by atoms with Gasteiger partial charge in [0.1, 0.15) is 5.76 Å². The van der Waals surface area contributed by atoms with Crippen molar-refractivity contribution in [1.82, 2.24) is 4.90 Å². The zero-order valence-electron chi connectivity index (χ0n) is 10.1. The molecular formula is C13H21NO2. The average Bonchev–Trinajstić information content (AvgIpc) is 2.65. The Hall–Kier alpha value is -0.800. The highest BCUT2D eigenvalue weighted by molar-refractivity contribution is 5.14. The quantitative estimate of drug-likeness (QED) is 0.854. The van der Waals surface area contributed by atoms with Gasteiger partial charge in [-0.25, -0.2) is 0 Å². The van der Waals surface area contributed by atoms with Gasteiger partial charge >= 0.3 is 0 Å². The highest BCUT2D eigenvalue weighted by atomic mass is 16.3. The maximum absolute atomic E-state index is 9.77. The summed E-state index contributed by atoms with van der Waals surface area (Å²) in [5.74, 6) is 1.03. The molecule has 1 saturated heterocycles. The predicted molar refractivity (Wildman–Crippen MR) is 63.2 cm³/mol. The molecule has 16 heavy (non-hydrogen) atoms. The van der Waals surface area contributed by atoms with E-state index in [4.69, 9.17) is 4.42 Å². The second-order valence-electron chi connectivity index (χ2n) is 4.80. The summed E-state index contributed by atoms with van der Waals surface area (Å²) in [4.78, 5) is 2.35. The standard InChI is InChI=1S/C13H21NO2/c1-10-6-8-16-13(10)9-14-7-4-3-5-12(14)11(2)15/h6,8,11-12,15H,3-5,7,9H2,1-2H3. The lowest BCUT2D eigenvalue weighted by Crippen LogP contribution is -2.45.